The van der Waals surface area contributed by atoms with Crippen molar-refractivity contribution in [2.75, 3.05) is 13.2 Å². The van der Waals surface area contributed by atoms with Gasteiger partial charge >= 0.3 is 0 Å². The number of hydrogen-bond acceptors (Lipinski definition) is 4. The molecule has 0 aromatic carbocycles. The summed E-state index contributed by atoms with van der Waals surface area (Å²) in [6.45, 7) is 11.6. The van der Waals surface area contributed by atoms with E-state index in [2.05, 4.69) is 18.2 Å². The molecule has 0 saturated heterocycles. The molecule has 0 aliphatic heterocycles. The van der Waals surface area contributed by atoms with Crippen molar-refractivity contribution in [2.24, 2.45) is 0 Å². The van der Waals surface area contributed by atoms with Crippen LogP contribution in [0.5, 0.6) is 0 Å². The summed E-state index contributed by atoms with van der Waals surface area (Å²) in [5.74, 6) is 0. The van der Waals surface area contributed by atoms with Crippen LogP contribution in [0.4, 0.5) is 0 Å². The molecule has 0 saturated carbocycles. The van der Waals surface area contributed by atoms with Gasteiger partial charge in [-0.25, -0.2) is 4.37 Å². The Balaban J connectivity index is 0. The Morgan fingerprint density at radius 3 is 1.76 bits per heavy atom. The summed E-state index contributed by atoms with van der Waals surface area (Å²) >= 11 is 1.46. The Morgan fingerprint density at radius 2 is 1.59 bits per heavy atom. The topological polar surface area (TPSA) is 31.4 Å². The van der Waals surface area contributed by atoms with Crippen LogP contribution in [0.25, 0.3) is 0 Å². The molecule has 1 aromatic heterocycles. The molecule has 0 N–H and O–H groups in total. The van der Waals surface area contributed by atoms with Crippen LogP contribution >= 0.6 is 11.5 Å². The zero-order valence-corrected chi connectivity index (χ0v) is 12.6. The monoisotopic (exact) mass is 261 g/mol. The lowest BCUT2D eigenvalue weighted by Crippen LogP contribution is -2.11. The predicted molar refractivity (Wildman–Crippen MR) is 75.4 cm³/mol. The molecule has 4 heteroatoms. The molecule has 0 radical (unpaired) electrons. The fourth-order valence-corrected chi connectivity index (χ4v) is 1.04. The first-order valence-corrected chi connectivity index (χ1v) is 7.13. The van der Waals surface area contributed by atoms with E-state index in [-0.39, 0.29) is 6.29 Å². The Hall–Kier alpha value is -0.450. The number of unbranched alkanes of at least 4 members (excludes halogenated alkanes) is 1. The fourth-order valence-electron chi connectivity index (χ4n) is 0.693. The number of hydrogen-bond donors (Lipinski definition) is 0. The summed E-state index contributed by atoms with van der Waals surface area (Å²) in [7, 11) is 0. The highest BCUT2D eigenvalue weighted by Gasteiger charge is 1.94. The van der Waals surface area contributed by atoms with E-state index >= 15 is 0 Å². The Kier molecular flexibility index (Phi) is 19.9. The van der Waals surface area contributed by atoms with E-state index in [1.807, 2.05) is 32.2 Å². The number of nitrogens with zero attached hydrogens (tertiary/aromatic N) is 1. The Morgan fingerprint density at radius 1 is 1.06 bits per heavy atom. The third-order valence-electron chi connectivity index (χ3n) is 1.65. The Bertz CT molecular complexity index is 168. The minimum absolute atomic E-state index is 0.0370. The maximum Gasteiger partial charge on any atom is 0.154 e. The first kappa shape index (κ1) is 18.9. The van der Waals surface area contributed by atoms with Crippen molar-refractivity contribution in [1.29, 1.82) is 0 Å². The molecular formula is C13H27NO2S. The lowest BCUT2D eigenvalue weighted by atomic mass is 10.4. The average molecular weight is 261 g/mol. The lowest BCUT2D eigenvalue weighted by Gasteiger charge is -2.09. The summed E-state index contributed by atoms with van der Waals surface area (Å²) in [5.41, 5.74) is 0. The molecule has 102 valence electrons. The van der Waals surface area contributed by atoms with Gasteiger partial charge in [0.2, 0.25) is 0 Å². The van der Waals surface area contributed by atoms with Crippen LogP contribution in [-0.4, -0.2) is 23.9 Å². The zero-order chi connectivity index (χ0) is 13.4. The van der Waals surface area contributed by atoms with Crippen LogP contribution in [0.3, 0.4) is 0 Å². The molecule has 0 unspecified atom stereocenters. The van der Waals surface area contributed by atoms with Crippen LogP contribution in [0.15, 0.2) is 17.6 Å². The molecule has 0 amide bonds. The summed E-state index contributed by atoms with van der Waals surface area (Å²) < 4.78 is 13.9. The molecule has 1 rings (SSSR count). The molecule has 0 bridgehead atoms. The van der Waals surface area contributed by atoms with Gasteiger partial charge in [0.15, 0.2) is 6.29 Å². The normalized spacial score (nSPS) is 9.06. The highest BCUT2D eigenvalue weighted by molar-refractivity contribution is 7.03. The SMILES string of the molecule is CCCC.CCOC(C)OCC.c1cnsc1. The van der Waals surface area contributed by atoms with E-state index in [9.17, 15) is 0 Å². The number of rotatable bonds is 5. The van der Waals surface area contributed by atoms with E-state index in [1.165, 1.54) is 24.4 Å². The molecule has 0 atom stereocenters. The van der Waals surface area contributed by atoms with Crippen molar-refractivity contribution < 1.29 is 9.47 Å². The number of ether oxygens (including phenoxy) is 2. The van der Waals surface area contributed by atoms with E-state index in [4.69, 9.17) is 9.47 Å². The van der Waals surface area contributed by atoms with Crippen molar-refractivity contribution in [3.63, 3.8) is 0 Å². The summed E-state index contributed by atoms with van der Waals surface area (Å²) in [6.07, 6.45) is 4.37. The van der Waals surface area contributed by atoms with Gasteiger partial charge in [0.1, 0.15) is 0 Å². The van der Waals surface area contributed by atoms with Crippen molar-refractivity contribution >= 4 is 11.5 Å². The van der Waals surface area contributed by atoms with Crippen LogP contribution in [0.2, 0.25) is 0 Å². The summed E-state index contributed by atoms with van der Waals surface area (Å²) in [6, 6.07) is 1.91. The smallest absolute Gasteiger partial charge is 0.154 e. The quantitative estimate of drug-likeness (QED) is 0.738. The Labute approximate surface area is 110 Å². The third-order valence-corrected chi connectivity index (χ3v) is 2.17. The summed E-state index contributed by atoms with van der Waals surface area (Å²) in [4.78, 5) is 0. The highest BCUT2D eigenvalue weighted by atomic mass is 32.1. The maximum absolute atomic E-state index is 5.06. The molecule has 0 aliphatic rings. The van der Waals surface area contributed by atoms with Crippen LogP contribution in [0, 0.1) is 0 Å². The molecule has 0 aliphatic carbocycles. The second-order valence-electron chi connectivity index (χ2n) is 3.17. The van der Waals surface area contributed by atoms with Gasteiger partial charge in [-0.3, -0.25) is 0 Å². The molecule has 0 fully saturated rings. The van der Waals surface area contributed by atoms with Gasteiger partial charge in [0.05, 0.1) is 0 Å². The minimum atomic E-state index is -0.0370. The van der Waals surface area contributed by atoms with Gasteiger partial charge in [0.25, 0.3) is 0 Å². The van der Waals surface area contributed by atoms with Gasteiger partial charge in [-0.15, -0.1) is 0 Å². The lowest BCUT2D eigenvalue weighted by molar-refractivity contribution is -0.123. The summed E-state index contributed by atoms with van der Waals surface area (Å²) in [5, 5.41) is 1.93. The van der Waals surface area contributed by atoms with Crippen molar-refractivity contribution in [3.8, 4) is 0 Å². The third kappa shape index (κ3) is 21.4. The van der Waals surface area contributed by atoms with Crippen LogP contribution < -0.4 is 0 Å². The average Bonchev–Trinajstić information content (AvgIpc) is 2.89. The van der Waals surface area contributed by atoms with E-state index in [1.54, 1.807) is 6.20 Å². The molecule has 0 spiro atoms. The zero-order valence-electron chi connectivity index (χ0n) is 11.8. The van der Waals surface area contributed by atoms with Gasteiger partial charge < -0.3 is 9.47 Å². The van der Waals surface area contributed by atoms with Gasteiger partial charge in [0, 0.05) is 24.8 Å². The van der Waals surface area contributed by atoms with E-state index in [0.717, 1.165) is 13.2 Å². The van der Waals surface area contributed by atoms with Crippen molar-refractivity contribution in [1.82, 2.24) is 4.37 Å². The van der Waals surface area contributed by atoms with Gasteiger partial charge in [-0.1, -0.05) is 26.7 Å². The predicted octanol–water partition coefficient (Wildman–Crippen LogP) is 4.35. The maximum atomic E-state index is 5.06. The first-order valence-electron chi connectivity index (χ1n) is 6.30. The molecule has 3 nitrogen and oxygen atoms in total. The molecule has 1 heterocycles. The van der Waals surface area contributed by atoms with Gasteiger partial charge in [-0.2, -0.15) is 0 Å². The van der Waals surface area contributed by atoms with E-state index in [0.29, 0.717) is 0 Å². The standard InChI is InChI=1S/C6H14O2.C4H10.C3H3NS/c1-4-7-6(3)8-5-2;1-3-4-2;1-2-4-5-3-1/h6H,4-5H2,1-3H3;3-4H2,1-2H3;1-3H. The molecule has 1 aromatic rings. The molecular weight excluding hydrogens is 234 g/mol. The number of aromatic nitrogens is 1. The van der Waals surface area contributed by atoms with Crippen LogP contribution in [-0.2, 0) is 9.47 Å². The van der Waals surface area contributed by atoms with Crippen molar-refractivity contribution in [3.05, 3.63) is 17.6 Å². The van der Waals surface area contributed by atoms with Crippen LogP contribution in [0.1, 0.15) is 47.5 Å². The molecule has 17 heavy (non-hydrogen) atoms. The second-order valence-corrected chi connectivity index (χ2v) is 3.86. The largest absolute Gasteiger partial charge is 0.353 e. The highest BCUT2D eigenvalue weighted by Crippen LogP contribution is 1.90. The fraction of sp³-hybridized carbons (Fsp3) is 0.769. The van der Waals surface area contributed by atoms with Crippen molar-refractivity contribution in [2.45, 2.75) is 53.8 Å². The first-order chi connectivity index (χ1) is 8.22. The van der Waals surface area contributed by atoms with E-state index < -0.39 is 0 Å². The van der Waals surface area contributed by atoms with Gasteiger partial charge in [-0.05, 0) is 38.4 Å². The minimum Gasteiger partial charge on any atom is -0.353 e. The second kappa shape index (κ2) is 17.9.